The minimum atomic E-state index is -2.54. The second kappa shape index (κ2) is 4.78. The molecule has 2 unspecified atom stereocenters. The molecule has 0 aromatic carbocycles. The maximum absolute atomic E-state index is 11.4. The monoisotopic (exact) mass is 274 g/mol. The maximum Gasteiger partial charge on any atom is 0.252 e. The molecule has 0 aromatic rings. The number of carbonyl (C=O) groups is 2. The van der Waals surface area contributed by atoms with Gasteiger partial charge in [0.2, 0.25) is 0 Å². The summed E-state index contributed by atoms with van der Waals surface area (Å²) in [6.07, 6.45) is 0. The Morgan fingerprint density at radius 3 is 1.12 bits per heavy atom. The molecular formula is C12H26O3Si2. The predicted octanol–water partition coefficient (Wildman–Crippen LogP) is 3.30. The molecule has 0 bridgehead atoms. The third kappa shape index (κ3) is 3.36. The molecule has 0 aliphatic rings. The lowest BCUT2D eigenvalue weighted by Gasteiger charge is -2.44. The van der Waals surface area contributed by atoms with Crippen LogP contribution in [-0.4, -0.2) is 28.5 Å². The van der Waals surface area contributed by atoms with Crippen LogP contribution >= 0.6 is 0 Å². The fourth-order valence-corrected chi connectivity index (χ4v) is 8.21. The highest BCUT2D eigenvalue weighted by Gasteiger charge is 2.52. The summed E-state index contributed by atoms with van der Waals surface area (Å²) in [5.41, 5.74) is 0. The van der Waals surface area contributed by atoms with Gasteiger partial charge in [-0.3, -0.25) is 0 Å². The molecule has 100 valence electrons. The maximum atomic E-state index is 11.4. The fourth-order valence-electron chi connectivity index (χ4n) is 1.15. The summed E-state index contributed by atoms with van der Waals surface area (Å²) in [6, 6.07) is 0. The fraction of sp³-hybridized carbons (Fsp3) is 0.833. The molecule has 0 saturated heterocycles. The Morgan fingerprint density at radius 2 is 1.00 bits per heavy atom. The summed E-state index contributed by atoms with van der Waals surface area (Å²) in [5, 5.41) is -0.394. The molecule has 0 aromatic heterocycles. The average Bonchev–Trinajstić information content (AvgIpc) is 2.13. The molecule has 5 heteroatoms. The molecule has 2 atom stereocenters. The van der Waals surface area contributed by atoms with E-state index in [0.717, 1.165) is 11.8 Å². The first-order chi connectivity index (χ1) is 7.33. The zero-order valence-electron chi connectivity index (χ0n) is 12.4. The standard InChI is InChI=1S/C12H26O3Si2/c1-11(2,3)16(7,9-13)15-17(8,10-14)12(4,5)6/h9-10H,1-8H3. The van der Waals surface area contributed by atoms with Gasteiger partial charge in [0.15, 0.2) is 0 Å². The second-order valence-corrected chi connectivity index (χ2v) is 15.8. The lowest BCUT2D eigenvalue weighted by molar-refractivity contribution is 0.452. The first-order valence-electron chi connectivity index (χ1n) is 5.96. The van der Waals surface area contributed by atoms with E-state index in [1.165, 1.54) is 0 Å². The normalized spacial score (nSPS) is 20.2. The highest BCUT2D eigenvalue weighted by atomic mass is 28.4. The van der Waals surface area contributed by atoms with Crippen LogP contribution in [0.25, 0.3) is 0 Å². The summed E-state index contributed by atoms with van der Waals surface area (Å²) in [5.74, 6) is 1.93. The second-order valence-electron chi connectivity index (χ2n) is 7.05. The van der Waals surface area contributed by atoms with E-state index in [0.29, 0.717) is 0 Å². The molecule has 0 N–H and O–H groups in total. The number of hydrogen-bond acceptors (Lipinski definition) is 3. The van der Waals surface area contributed by atoms with Crippen LogP contribution in [-0.2, 0) is 13.7 Å². The van der Waals surface area contributed by atoms with Gasteiger partial charge in [0.1, 0.15) is 11.8 Å². The molecule has 0 heterocycles. The van der Waals surface area contributed by atoms with Crippen LogP contribution in [0.3, 0.4) is 0 Å². The Hall–Kier alpha value is -0.266. The van der Waals surface area contributed by atoms with Gasteiger partial charge in [0, 0.05) is 0 Å². The van der Waals surface area contributed by atoms with Gasteiger partial charge in [-0.05, 0) is 23.2 Å². The van der Waals surface area contributed by atoms with E-state index in [-0.39, 0.29) is 10.1 Å². The van der Waals surface area contributed by atoms with Crippen LogP contribution in [0.1, 0.15) is 41.5 Å². The van der Waals surface area contributed by atoms with E-state index < -0.39 is 16.6 Å². The Labute approximate surface area is 107 Å². The zero-order chi connectivity index (χ0) is 14.1. The van der Waals surface area contributed by atoms with E-state index in [1.807, 2.05) is 54.6 Å². The van der Waals surface area contributed by atoms with Gasteiger partial charge < -0.3 is 13.7 Å². The van der Waals surface area contributed by atoms with E-state index in [1.54, 1.807) is 0 Å². The number of carbonyl (C=O) groups excluding carboxylic acids is 2. The zero-order valence-corrected chi connectivity index (χ0v) is 14.4. The summed E-state index contributed by atoms with van der Waals surface area (Å²) in [4.78, 5) is 22.9. The molecule has 0 aliphatic carbocycles. The lowest BCUT2D eigenvalue weighted by Crippen LogP contribution is -2.59. The van der Waals surface area contributed by atoms with Crippen molar-refractivity contribution >= 4 is 28.5 Å². The average molecular weight is 275 g/mol. The summed E-state index contributed by atoms with van der Waals surface area (Å²) < 4.78 is 6.19. The highest BCUT2D eigenvalue weighted by molar-refractivity contribution is 7.09. The van der Waals surface area contributed by atoms with Crippen LogP contribution in [0.4, 0.5) is 0 Å². The van der Waals surface area contributed by atoms with Crippen LogP contribution in [0.2, 0.25) is 23.2 Å². The molecule has 0 rings (SSSR count). The number of hydrogen-bond donors (Lipinski definition) is 0. The highest BCUT2D eigenvalue weighted by Crippen LogP contribution is 2.43. The van der Waals surface area contributed by atoms with Crippen LogP contribution in [0.5, 0.6) is 0 Å². The van der Waals surface area contributed by atoms with Gasteiger partial charge in [-0.2, -0.15) is 0 Å². The largest absolute Gasteiger partial charge is 0.445 e. The van der Waals surface area contributed by atoms with Gasteiger partial charge in [0.05, 0.1) is 0 Å². The molecule has 0 amide bonds. The quantitative estimate of drug-likeness (QED) is 0.583. The SMILES string of the molecule is CC(C)(C)[Si](C)(C=O)O[Si](C)(C=O)C(C)(C)C. The van der Waals surface area contributed by atoms with Crippen molar-refractivity contribution in [1.82, 2.24) is 0 Å². The summed E-state index contributed by atoms with van der Waals surface area (Å²) >= 11 is 0. The van der Waals surface area contributed by atoms with Gasteiger partial charge in [-0.15, -0.1) is 0 Å². The van der Waals surface area contributed by atoms with Gasteiger partial charge >= 0.3 is 0 Å². The lowest BCUT2D eigenvalue weighted by atomic mass is 10.2. The molecule has 0 saturated carbocycles. The molecule has 0 aliphatic heterocycles. The smallest absolute Gasteiger partial charge is 0.252 e. The van der Waals surface area contributed by atoms with Crippen molar-refractivity contribution in [2.24, 2.45) is 0 Å². The van der Waals surface area contributed by atoms with E-state index in [4.69, 9.17) is 4.12 Å². The molecule has 0 spiro atoms. The molecule has 0 fully saturated rings. The molecular weight excluding hydrogens is 248 g/mol. The molecule has 0 radical (unpaired) electrons. The Morgan fingerprint density at radius 1 is 0.765 bits per heavy atom. The molecule has 17 heavy (non-hydrogen) atoms. The van der Waals surface area contributed by atoms with Crippen molar-refractivity contribution in [2.45, 2.75) is 64.7 Å². The third-order valence-electron chi connectivity index (χ3n) is 3.85. The summed E-state index contributed by atoms with van der Waals surface area (Å²) in [6.45, 7) is 15.9. The first-order valence-corrected chi connectivity index (χ1v) is 10.9. The Bertz CT molecular complexity index is 274. The first kappa shape index (κ1) is 16.7. The van der Waals surface area contributed by atoms with Gasteiger partial charge in [-0.25, -0.2) is 0 Å². The van der Waals surface area contributed by atoms with Crippen molar-refractivity contribution in [3.63, 3.8) is 0 Å². The van der Waals surface area contributed by atoms with Crippen molar-refractivity contribution < 1.29 is 13.7 Å². The van der Waals surface area contributed by atoms with E-state index in [9.17, 15) is 9.59 Å². The van der Waals surface area contributed by atoms with Crippen molar-refractivity contribution in [3.05, 3.63) is 0 Å². The number of rotatable bonds is 4. The minimum Gasteiger partial charge on any atom is -0.445 e. The van der Waals surface area contributed by atoms with Crippen LogP contribution in [0.15, 0.2) is 0 Å². The van der Waals surface area contributed by atoms with Crippen LogP contribution < -0.4 is 0 Å². The van der Waals surface area contributed by atoms with Crippen molar-refractivity contribution in [1.29, 1.82) is 0 Å². The third-order valence-corrected chi connectivity index (χ3v) is 14.1. The van der Waals surface area contributed by atoms with Crippen molar-refractivity contribution in [3.8, 4) is 0 Å². The predicted molar refractivity (Wildman–Crippen MR) is 77.3 cm³/mol. The Balaban J connectivity index is 5.41. The topological polar surface area (TPSA) is 43.4 Å². The summed E-state index contributed by atoms with van der Waals surface area (Å²) in [7, 11) is -5.08. The molecule has 3 nitrogen and oxygen atoms in total. The minimum absolute atomic E-state index is 0.197. The van der Waals surface area contributed by atoms with E-state index in [2.05, 4.69) is 0 Å². The van der Waals surface area contributed by atoms with Crippen LogP contribution in [0, 0.1) is 0 Å². The Kier molecular flexibility index (Phi) is 4.70. The van der Waals surface area contributed by atoms with Crippen molar-refractivity contribution in [2.75, 3.05) is 0 Å². The van der Waals surface area contributed by atoms with E-state index >= 15 is 0 Å². The van der Waals surface area contributed by atoms with Gasteiger partial charge in [-0.1, -0.05) is 41.5 Å². The van der Waals surface area contributed by atoms with Gasteiger partial charge in [0.25, 0.3) is 16.6 Å².